The minimum Gasteiger partial charge on any atom is -0.322 e. The third-order valence-corrected chi connectivity index (χ3v) is 3.07. The largest absolute Gasteiger partial charge is 0.322 e. The molecule has 0 spiro atoms. The second kappa shape index (κ2) is 5.96. The van der Waals surface area contributed by atoms with Crippen LogP contribution in [-0.4, -0.2) is 10.8 Å². The van der Waals surface area contributed by atoms with E-state index in [1.54, 1.807) is 0 Å². The van der Waals surface area contributed by atoms with Gasteiger partial charge in [-0.1, -0.05) is 15.9 Å². The van der Waals surface area contributed by atoms with Crippen molar-refractivity contribution < 1.29 is 18.5 Å². The zero-order chi connectivity index (χ0) is 15.6. The van der Waals surface area contributed by atoms with Crippen molar-refractivity contribution in [2.45, 2.75) is 0 Å². The summed E-state index contributed by atoms with van der Waals surface area (Å²) in [5.74, 6) is -2.56. The Bertz CT molecular complexity index is 737. The van der Waals surface area contributed by atoms with Gasteiger partial charge in [-0.2, -0.15) is 4.39 Å². The number of nitrogens with zero attached hydrogens (tertiary/aromatic N) is 1. The van der Waals surface area contributed by atoms with Gasteiger partial charge in [-0.25, -0.2) is 4.39 Å². The third-order valence-electron chi connectivity index (χ3n) is 2.57. The minimum absolute atomic E-state index is 0.00697. The third kappa shape index (κ3) is 3.40. The van der Waals surface area contributed by atoms with Crippen LogP contribution in [0.15, 0.2) is 40.9 Å². The molecule has 2 aromatic rings. The van der Waals surface area contributed by atoms with Crippen molar-refractivity contribution in [1.82, 2.24) is 0 Å². The van der Waals surface area contributed by atoms with E-state index in [1.165, 1.54) is 12.1 Å². The number of halogens is 3. The number of nitrogens with one attached hydrogen (secondary N) is 1. The molecule has 0 aromatic heterocycles. The molecule has 0 saturated heterocycles. The summed E-state index contributed by atoms with van der Waals surface area (Å²) in [6.45, 7) is 0. The summed E-state index contributed by atoms with van der Waals surface area (Å²) >= 11 is 3.10. The van der Waals surface area contributed by atoms with Crippen molar-refractivity contribution in [2.75, 3.05) is 5.32 Å². The fourth-order valence-electron chi connectivity index (χ4n) is 1.60. The van der Waals surface area contributed by atoms with E-state index in [0.29, 0.717) is 4.47 Å². The van der Waals surface area contributed by atoms with Crippen molar-refractivity contribution in [3.05, 3.63) is 68.2 Å². The molecule has 0 aliphatic heterocycles. The normalized spacial score (nSPS) is 10.2. The number of hydrogen-bond acceptors (Lipinski definition) is 3. The Kier molecular flexibility index (Phi) is 4.27. The zero-order valence-electron chi connectivity index (χ0n) is 10.3. The summed E-state index contributed by atoms with van der Waals surface area (Å²) in [7, 11) is 0. The SMILES string of the molecule is O=C(Nc1ccc(F)c([N+](=O)[O-])c1)c1cc(Br)ccc1F. The molecule has 108 valence electrons. The Balaban J connectivity index is 2.29. The Morgan fingerprint density at radius 2 is 1.81 bits per heavy atom. The number of hydrogen-bond donors (Lipinski definition) is 1. The van der Waals surface area contributed by atoms with Gasteiger partial charge in [0.2, 0.25) is 5.82 Å². The topological polar surface area (TPSA) is 72.2 Å². The first kappa shape index (κ1) is 15.0. The van der Waals surface area contributed by atoms with E-state index >= 15 is 0 Å². The Hall–Kier alpha value is -2.35. The molecular weight excluding hydrogens is 350 g/mol. The lowest BCUT2D eigenvalue weighted by atomic mass is 10.2. The van der Waals surface area contributed by atoms with Gasteiger partial charge in [0, 0.05) is 16.2 Å². The van der Waals surface area contributed by atoms with Gasteiger partial charge in [0.05, 0.1) is 10.5 Å². The number of amides is 1. The molecule has 2 rings (SSSR count). The van der Waals surface area contributed by atoms with Crippen LogP contribution < -0.4 is 5.32 Å². The molecule has 0 bridgehead atoms. The maximum atomic E-state index is 13.5. The molecular formula is C13H7BrF2N2O3. The summed E-state index contributed by atoms with van der Waals surface area (Å²) in [6, 6.07) is 6.66. The van der Waals surface area contributed by atoms with Crippen molar-refractivity contribution in [3.63, 3.8) is 0 Å². The molecule has 0 aliphatic rings. The molecule has 0 aliphatic carbocycles. The van der Waals surface area contributed by atoms with Crippen molar-refractivity contribution >= 4 is 33.2 Å². The van der Waals surface area contributed by atoms with Gasteiger partial charge in [0.25, 0.3) is 5.91 Å². The highest BCUT2D eigenvalue weighted by Crippen LogP contribution is 2.23. The first-order valence-electron chi connectivity index (χ1n) is 5.59. The van der Waals surface area contributed by atoms with Gasteiger partial charge in [0.1, 0.15) is 5.82 Å². The van der Waals surface area contributed by atoms with E-state index in [4.69, 9.17) is 0 Å². The maximum absolute atomic E-state index is 13.5. The zero-order valence-corrected chi connectivity index (χ0v) is 11.9. The lowest BCUT2D eigenvalue weighted by Crippen LogP contribution is -2.14. The van der Waals surface area contributed by atoms with Gasteiger partial charge < -0.3 is 5.32 Å². The maximum Gasteiger partial charge on any atom is 0.306 e. The number of carbonyl (C=O) groups is 1. The molecule has 5 nitrogen and oxygen atoms in total. The quantitative estimate of drug-likeness (QED) is 0.669. The molecule has 0 unspecified atom stereocenters. The molecule has 0 heterocycles. The molecule has 0 radical (unpaired) electrons. The minimum atomic E-state index is -1.02. The Morgan fingerprint density at radius 1 is 1.14 bits per heavy atom. The number of nitro groups is 1. The predicted molar refractivity (Wildman–Crippen MR) is 75.1 cm³/mol. The van der Waals surface area contributed by atoms with Crippen molar-refractivity contribution in [1.29, 1.82) is 0 Å². The van der Waals surface area contributed by atoms with Crippen LogP contribution >= 0.6 is 15.9 Å². The van der Waals surface area contributed by atoms with Crippen LogP contribution in [0.1, 0.15) is 10.4 Å². The molecule has 1 amide bonds. The van der Waals surface area contributed by atoms with Gasteiger partial charge in [-0.05, 0) is 30.3 Å². The molecule has 8 heteroatoms. The highest BCUT2D eigenvalue weighted by Gasteiger charge is 2.17. The van der Waals surface area contributed by atoms with E-state index in [0.717, 1.165) is 24.3 Å². The summed E-state index contributed by atoms with van der Waals surface area (Å²) in [5, 5.41) is 12.9. The molecule has 0 fully saturated rings. The lowest BCUT2D eigenvalue weighted by Gasteiger charge is -2.07. The number of benzene rings is 2. The van der Waals surface area contributed by atoms with E-state index in [2.05, 4.69) is 21.2 Å². The lowest BCUT2D eigenvalue weighted by molar-refractivity contribution is -0.387. The summed E-state index contributed by atoms with van der Waals surface area (Å²) in [6.07, 6.45) is 0. The number of nitro benzene ring substituents is 1. The molecule has 0 saturated carbocycles. The van der Waals surface area contributed by atoms with E-state index in [9.17, 15) is 23.7 Å². The van der Waals surface area contributed by atoms with Gasteiger partial charge in [-0.3, -0.25) is 14.9 Å². The van der Waals surface area contributed by atoms with Crippen LogP contribution in [0.25, 0.3) is 0 Å². The molecule has 1 N–H and O–H groups in total. The monoisotopic (exact) mass is 356 g/mol. The van der Waals surface area contributed by atoms with Crippen molar-refractivity contribution in [2.24, 2.45) is 0 Å². The highest BCUT2D eigenvalue weighted by molar-refractivity contribution is 9.10. The van der Waals surface area contributed by atoms with E-state index < -0.39 is 28.2 Å². The van der Waals surface area contributed by atoms with Crippen LogP contribution in [0.3, 0.4) is 0 Å². The van der Waals surface area contributed by atoms with Crippen molar-refractivity contribution in [3.8, 4) is 0 Å². The molecule has 21 heavy (non-hydrogen) atoms. The second-order valence-electron chi connectivity index (χ2n) is 4.00. The van der Waals surface area contributed by atoms with Gasteiger partial charge in [0.15, 0.2) is 0 Å². The predicted octanol–water partition coefficient (Wildman–Crippen LogP) is 3.89. The molecule has 0 atom stereocenters. The van der Waals surface area contributed by atoms with Crippen LogP contribution in [-0.2, 0) is 0 Å². The summed E-state index contributed by atoms with van der Waals surface area (Å²) in [5.41, 5.74) is -1.02. The number of rotatable bonds is 3. The number of anilines is 1. The summed E-state index contributed by atoms with van der Waals surface area (Å²) < 4.78 is 27.2. The number of carbonyl (C=O) groups excluding carboxylic acids is 1. The van der Waals surface area contributed by atoms with E-state index in [1.807, 2.05) is 0 Å². The first-order chi connectivity index (χ1) is 9.88. The average molecular weight is 357 g/mol. The van der Waals surface area contributed by atoms with Gasteiger partial charge >= 0.3 is 5.69 Å². The second-order valence-corrected chi connectivity index (χ2v) is 4.92. The van der Waals surface area contributed by atoms with Crippen LogP contribution in [0.2, 0.25) is 0 Å². The summed E-state index contributed by atoms with van der Waals surface area (Å²) in [4.78, 5) is 21.6. The van der Waals surface area contributed by atoms with Gasteiger partial charge in [-0.15, -0.1) is 0 Å². The van der Waals surface area contributed by atoms with Crippen LogP contribution in [0, 0.1) is 21.7 Å². The first-order valence-corrected chi connectivity index (χ1v) is 6.38. The standard InChI is InChI=1S/C13H7BrF2N2O3/c14-7-1-3-10(15)9(5-7)13(19)17-8-2-4-11(16)12(6-8)18(20)21/h1-6H,(H,17,19). The van der Waals surface area contributed by atoms with Crippen LogP contribution in [0.4, 0.5) is 20.2 Å². The molecule has 2 aromatic carbocycles. The fraction of sp³-hybridized carbons (Fsp3) is 0. The smallest absolute Gasteiger partial charge is 0.306 e. The Morgan fingerprint density at radius 3 is 2.48 bits per heavy atom. The van der Waals surface area contributed by atoms with Crippen LogP contribution in [0.5, 0.6) is 0 Å². The highest BCUT2D eigenvalue weighted by atomic mass is 79.9. The Labute approximate surface area is 125 Å². The van der Waals surface area contributed by atoms with E-state index in [-0.39, 0.29) is 11.3 Å². The average Bonchev–Trinajstić information content (AvgIpc) is 2.43. The fourth-order valence-corrected chi connectivity index (χ4v) is 1.96.